The largest absolute Gasteiger partial charge is 0.472 e. The molecule has 0 spiro atoms. The van der Waals surface area contributed by atoms with Gasteiger partial charge in [-0.05, 0) is 32.1 Å². The van der Waals surface area contributed by atoms with Crippen molar-refractivity contribution in [1.29, 1.82) is 0 Å². The van der Waals surface area contributed by atoms with Crippen LogP contribution in [-0.4, -0.2) is 73.4 Å². The Kier molecular flexibility index (Phi) is 27.1. The predicted molar refractivity (Wildman–Crippen MR) is 180 cm³/mol. The lowest BCUT2D eigenvalue weighted by molar-refractivity contribution is -0.870. The van der Waals surface area contributed by atoms with Gasteiger partial charge in [0.1, 0.15) is 13.2 Å². The van der Waals surface area contributed by atoms with Crippen LogP contribution in [0.25, 0.3) is 0 Å². The second-order valence-electron chi connectivity index (χ2n) is 13.2. The first-order chi connectivity index (χ1) is 20.5. The number of phosphoric ester groups is 1. The number of amides is 1. The highest BCUT2D eigenvalue weighted by Crippen LogP contribution is 2.43. The van der Waals surface area contributed by atoms with Crippen LogP contribution < -0.4 is 5.32 Å². The maximum Gasteiger partial charge on any atom is 0.472 e. The number of hydrogen-bond donors (Lipinski definition) is 3. The zero-order chi connectivity index (χ0) is 32.2. The topological polar surface area (TPSA) is 105 Å². The average Bonchev–Trinajstić information content (AvgIpc) is 2.94. The lowest BCUT2D eigenvalue weighted by atomic mass is 10.0. The summed E-state index contributed by atoms with van der Waals surface area (Å²) >= 11 is 0. The SMILES string of the molecule is CCC/C=C\CCCCCCCC(=O)NC(COP(=O)(O)OCC[N+](C)(C)C)C(O)CCCCCCCCCCCCC. The molecule has 0 rings (SSSR count). The smallest absolute Gasteiger partial charge is 0.391 e. The normalized spacial score (nSPS) is 15.0. The molecular weight excluding hydrogens is 563 g/mol. The van der Waals surface area contributed by atoms with E-state index in [-0.39, 0.29) is 19.1 Å². The summed E-state index contributed by atoms with van der Waals surface area (Å²) in [5.41, 5.74) is 0. The number of aliphatic hydroxyl groups is 1. The minimum atomic E-state index is -4.30. The van der Waals surface area contributed by atoms with Crippen molar-refractivity contribution in [3.63, 3.8) is 0 Å². The number of rotatable bonds is 31. The van der Waals surface area contributed by atoms with Gasteiger partial charge in [-0.2, -0.15) is 0 Å². The molecule has 9 heteroatoms. The number of carbonyl (C=O) groups is 1. The first-order valence-electron chi connectivity index (χ1n) is 17.6. The van der Waals surface area contributed by atoms with Crippen molar-refractivity contribution < 1.29 is 32.9 Å². The van der Waals surface area contributed by atoms with Crippen molar-refractivity contribution in [2.45, 2.75) is 161 Å². The summed E-state index contributed by atoms with van der Waals surface area (Å²) in [5.74, 6) is -0.159. The summed E-state index contributed by atoms with van der Waals surface area (Å²) < 4.78 is 23.4. The molecule has 8 nitrogen and oxygen atoms in total. The fourth-order valence-electron chi connectivity index (χ4n) is 4.87. The van der Waals surface area contributed by atoms with Crippen LogP contribution in [0, 0.1) is 0 Å². The third kappa shape index (κ3) is 29.7. The summed E-state index contributed by atoms with van der Waals surface area (Å²) in [6.45, 7) is 4.78. The molecule has 0 aromatic carbocycles. The van der Waals surface area contributed by atoms with Crippen molar-refractivity contribution >= 4 is 13.7 Å². The third-order valence-corrected chi connectivity index (χ3v) is 8.73. The van der Waals surface area contributed by atoms with Crippen LogP contribution >= 0.6 is 7.82 Å². The van der Waals surface area contributed by atoms with Crippen molar-refractivity contribution in [3.8, 4) is 0 Å². The second-order valence-corrected chi connectivity index (χ2v) is 14.7. The number of nitrogens with one attached hydrogen (secondary N) is 1. The van der Waals surface area contributed by atoms with Crippen LogP contribution in [0.4, 0.5) is 0 Å². The van der Waals surface area contributed by atoms with E-state index in [1.807, 2.05) is 21.1 Å². The first kappa shape index (κ1) is 42.2. The second kappa shape index (κ2) is 27.5. The zero-order valence-electron chi connectivity index (χ0n) is 28.7. The van der Waals surface area contributed by atoms with Gasteiger partial charge in [0.15, 0.2) is 0 Å². The van der Waals surface area contributed by atoms with Crippen molar-refractivity contribution in [3.05, 3.63) is 12.2 Å². The Morgan fingerprint density at radius 1 is 0.767 bits per heavy atom. The van der Waals surface area contributed by atoms with E-state index < -0.39 is 20.0 Å². The van der Waals surface area contributed by atoms with Crippen LogP contribution in [0.15, 0.2) is 12.2 Å². The maximum absolute atomic E-state index is 12.7. The number of phosphoric acid groups is 1. The summed E-state index contributed by atoms with van der Waals surface area (Å²) in [6.07, 6.45) is 26.6. The summed E-state index contributed by atoms with van der Waals surface area (Å²) in [7, 11) is 1.61. The molecule has 0 saturated carbocycles. The molecule has 256 valence electrons. The standard InChI is InChI=1S/C34H69N2O6P/c1-6-8-10-12-14-16-18-19-21-23-25-27-33(37)32(31-42-43(39,40)41-30-29-36(3,4)5)35-34(38)28-26-24-22-20-17-15-13-11-9-7-2/h11,13,32-33,37H,6-10,12,14-31H2,1-5H3,(H-,35,38,39,40)/p+1/b13-11-. The van der Waals surface area contributed by atoms with E-state index in [0.29, 0.717) is 23.9 Å². The molecule has 43 heavy (non-hydrogen) atoms. The number of quaternary nitrogens is 1. The lowest BCUT2D eigenvalue weighted by Gasteiger charge is -2.26. The maximum atomic E-state index is 12.7. The molecule has 0 radical (unpaired) electrons. The van der Waals surface area contributed by atoms with Crippen LogP contribution in [0.3, 0.4) is 0 Å². The number of likely N-dealkylation sites (N-methyl/N-ethyl adjacent to an activating group) is 1. The Bertz CT molecular complexity index is 728. The van der Waals surface area contributed by atoms with Gasteiger partial charge in [-0.3, -0.25) is 13.8 Å². The molecule has 0 aromatic rings. The van der Waals surface area contributed by atoms with E-state index in [1.54, 1.807) is 0 Å². The van der Waals surface area contributed by atoms with Gasteiger partial charge in [-0.15, -0.1) is 0 Å². The van der Waals surface area contributed by atoms with E-state index >= 15 is 0 Å². The Balaban J connectivity index is 4.54. The number of carbonyl (C=O) groups excluding carboxylic acids is 1. The highest BCUT2D eigenvalue weighted by atomic mass is 31.2. The van der Waals surface area contributed by atoms with E-state index in [1.165, 1.54) is 64.2 Å². The molecule has 3 atom stereocenters. The van der Waals surface area contributed by atoms with Gasteiger partial charge in [-0.1, -0.05) is 122 Å². The molecule has 0 aliphatic heterocycles. The van der Waals surface area contributed by atoms with Crippen molar-refractivity contribution in [1.82, 2.24) is 5.32 Å². The average molecular weight is 634 g/mol. The Hall–Kier alpha value is -0.760. The molecule has 0 heterocycles. The molecule has 0 aliphatic carbocycles. The molecule has 0 aliphatic rings. The van der Waals surface area contributed by atoms with Gasteiger partial charge in [0.05, 0.1) is 39.9 Å². The number of nitrogens with zero attached hydrogens (tertiary/aromatic N) is 1. The summed E-state index contributed by atoms with van der Waals surface area (Å²) in [6, 6.07) is -0.756. The first-order valence-corrected chi connectivity index (χ1v) is 19.0. The highest BCUT2D eigenvalue weighted by Gasteiger charge is 2.28. The van der Waals surface area contributed by atoms with Crippen molar-refractivity contribution in [2.24, 2.45) is 0 Å². The van der Waals surface area contributed by atoms with E-state index in [2.05, 4.69) is 31.3 Å². The van der Waals surface area contributed by atoms with E-state index in [9.17, 15) is 19.4 Å². The number of aliphatic hydroxyl groups excluding tert-OH is 1. The molecule has 0 fully saturated rings. The quantitative estimate of drug-likeness (QED) is 0.0306. The van der Waals surface area contributed by atoms with E-state index in [4.69, 9.17) is 9.05 Å². The number of hydrogen-bond acceptors (Lipinski definition) is 5. The Morgan fingerprint density at radius 3 is 1.88 bits per heavy atom. The number of allylic oxidation sites excluding steroid dienone is 2. The molecule has 1 amide bonds. The van der Waals surface area contributed by atoms with Gasteiger partial charge >= 0.3 is 7.82 Å². The lowest BCUT2D eigenvalue weighted by Crippen LogP contribution is -2.46. The van der Waals surface area contributed by atoms with Crippen LogP contribution in [0.1, 0.15) is 149 Å². The van der Waals surface area contributed by atoms with Gasteiger partial charge in [0.25, 0.3) is 0 Å². The molecule has 3 unspecified atom stereocenters. The van der Waals surface area contributed by atoms with Crippen molar-refractivity contribution in [2.75, 3.05) is 40.9 Å². The summed E-state index contributed by atoms with van der Waals surface area (Å²) in [5, 5.41) is 13.8. The highest BCUT2D eigenvalue weighted by molar-refractivity contribution is 7.47. The van der Waals surface area contributed by atoms with Crippen LogP contribution in [-0.2, 0) is 18.4 Å². The monoisotopic (exact) mass is 633 g/mol. The fourth-order valence-corrected chi connectivity index (χ4v) is 5.60. The van der Waals surface area contributed by atoms with E-state index in [0.717, 1.165) is 57.8 Å². The molecule has 3 N–H and O–H groups in total. The minimum absolute atomic E-state index is 0.0740. The molecular formula is C34H70N2O6P+. The van der Waals surface area contributed by atoms with Gasteiger partial charge in [0, 0.05) is 6.42 Å². The third-order valence-electron chi connectivity index (χ3n) is 7.74. The Labute approximate surface area is 265 Å². The van der Waals surface area contributed by atoms with Gasteiger partial charge < -0.3 is 19.8 Å². The molecule has 0 saturated heterocycles. The zero-order valence-corrected chi connectivity index (χ0v) is 29.6. The summed E-state index contributed by atoms with van der Waals surface area (Å²) in [4.78, 5) is 22.9. The minimum Gasteiger partial charge on any atom is -0.391 e. The number of unbranched alkanes of at least 4 members (excludes halogenated alkanes) is 16. The Morgan fingerprint density at radius 2 is 1.30 bits per heavy atom. The van der Waals surface area contributed by atoms with Crippen LogP contribution in [0.2, 0.25) is 0 Å². The molecule has 0 bridgehead atoms. The predicted octanol–water partition coefficient (Wildman–Crippen LogP) is 8.46. The fraction of sp³-hybridized carbons (Fsp3) is 0.912. The van der Waals surface area contributed by atoms with Gasteiger partial charge in [0.2, 0.25) is 5.91 Å². The van der Waals surface area contributed by atoms with Gasteiger partial charge in [-0.25, -0.2) is 4.57 Å². The molecule has 0 aromatic heterocycles. The van der Waals surface area contributed by atoms with Crippen LogP contribution in [0.5, 0.6) is 0 Å².